The second-order valence-electron chi connectivity index (χ2n) is 5.11. The lowest BCUT2D eigenvalue weighted by molar-refractivity contribution is 0.870. The molecule has 0 atom stereocenters. The maximum atomic E-state index is 5.89. The van der Waals surface area contributed by atoms with Crippen LogP contribution >= 0.6 is 11.3 Å². The van der Waals surface area contributed by atoms with E-state index in [9.17, 15) is 0 Å². The van der Waals surface area contributed by atoms with Crippen LogP contribution in [0.2, 0.25) is 0 Å². The predicted molar refractivity (Wildman–Crippen MR) is 90.9 cm³/mol. The molecule has 0 aliphatic rings. The first kappa shape index (κ1) is 14.0. The molecule has 0 saturated carbocycles. The van der Waals surface area contributed by atoms with Gasteiger partial charge in [-0.2, -0.15) is 0 Å². The third-order valence-corrected chi connectivity index (χ3v) is 4.61. The fourth-order valence-corrected chi connectivity index (χ4v) is 3.14. The lowest BCUT2D eigenvalue weighted by Gasteiger charge is -2.19. The number of hydrogen-bond acceptors (Lipinski definition) is 4. The Morgan fingerprint density at radius 1 is 1.19 bits per heavy atom. The quantitative estimate of drug-likeness (QED) is 0.784. The van der Waals surface area contributed by atoms with Crippen LogP contribution in [0.25, 0.3) is 10.9 Å². The van der Waals surface area contributed by atoms with E-state index < -0.39 is 0 Å². The van der Waals surface area contributed by atoms with E-state index in [0.717, 1.165) is 35.2 Å². The van der Waals surface area contributed by atoms with Crippen LogP contribution in [-0.4, -0.2) is 18.6 Å². The van der Waals surface area contributed by atoms with Crippen molar-refractivity contribution in [2.75, 3.05) is 18.5 Å². The van der Waals surface area contributed by atoms with Crippen molar-refractivity contribution in [3.8, 4) is 0 Å². The monoisotopic (exact) mass is 297 g/mol. The van der Waals surface area contributed by atoms with E-state index in [0.29, 0.717) is 6.54 Å². The molecular weight excluding hydrogens is 278 g/mol. The molecule has 2 N–H and O–H groups in total. The standard InChI is InChI=1S/C17H19N3S/c1-20(9-8-14-5-4-10-21-14)17-11-13(12-18)15-6-2-3-7-16(15)19-17/h2-7,10-11H,8-9,12,18H2,1H3. The molecule has 108 valence electrons. The fourth-order valence-electron chi connectivity index (χ4n) is 2.44. The van der Waals surface area contributed by atoms with E-state index in [1.807, 2.05) is 18.2 Å². The molecule has 0 bridgehead atoms. The lowest BCUT2D eigenvalue weighted by atomic mass is 10.1. The van der Waals surface area contributed by atoms with E-state index in [-0.39, 0.29) is 0 Å². The van der Waals surface area contributed by atoms with Crippen molar-refractivity contribution in [3.05, 3.63) is 58.3 Å². The molecule has 21 heavy (non-hydrogen) atoms. The molecule has 4 heteroatoms. The molecule has 0 fully saturated rings. The minimum absolute atomic E-state index is 0.537. The van der Waals surface area contributed by atoms with Gasteiger partial charge in [0.25, 0.3) is 0 Å². The molecule has 1 aromatic carbocycles. The van der Waals surface area contributed by atoms with Gasteiger partial charge in [0, 0.05) is 30.4 Å². The van der Waals surface area contributed by atoms with Gasteiger partial charge >= 0.3 is 0 Å². The van der Waals surface area contributed by atoms with Crippen LogP contribution < -0.4 is 10.6 Å². The van der Waals surface area contributed by atoms with Crippen molar-refractivity contribution in [1.82, 2.24) is 4.98 Å². The summed E-state index contributed by atoms with van der Waals surface area (Å²) in [6, 6.07) is 14.6. The smallest absolute Gasteiger partial charge is 0.129 e. The number of pyridine rings is 1. The molecule has 0 aliphatic heterocycles. The van der Waals surface area contributed by atoms with E-state index in [4.69, 9.17) is 10.7 Å². The van der Waals surface area contributed by atoms with Crippen molar-refractivity contribution in [1.29, 1.82) is 0 Å². The Morgan fingerprint density at radius 3 is 2.81 bits per heavy atom. The molecular formula is C17H19N3S. The Hall–Kier alpha value is -1.91. The first-order valence-electron chi connectivity index (χ1n) is 7.10. The van der Waals surface area contributed by atoms with Crippen molar-refractivity contribution < 1.29 is 0 Å². The maximum Gasteiger partial charge on any atom is 0.129 e. The summed E-state index contributed by atoms with van der Waals surface area (Å²) >= 11 is 1.80. The topological polar surface area (TPSA) is 42.1 Å². The van der Waals surface area contributed by atoms with E-state index in [1.54, 1.807) is 11.3 Å². The van der Waals surface area contributed by atoms with Crippen LogP contribution in [-0.2, 0) is 13.0 Å². The van der Waals surface area contributed by atoms with Gasteiger partial charge in [0.05, 0.1) is 5.52 Å². The molecule has 0 amide bonds. The number of aromatic nitrogens is 1. The highest BCUT2D eigenvalue weighted by Gasteiger charge is 2.08. The maximum absolute atomic E-state index is 5.89. The third kappa shape index (κ3) is 3.06. The average molecular weight is 297 g/mol. The number of anilines is 1. The van der Waals surface area contributed by atoms with Gasteiger partial charge in [-0.15, -0.1) is 11.3 Å². The summed E-state index contributed by atoms with van der Waals surface area (Å²) in [6.07, 6.45) is 1.04. The zero-order chi connectivity index (χ0) is 14.7. The van der Waals surface area contributed by atoms with Gasteiger partial charge in [0.1, 0.15) is 5.82 Å². The van der Waals surface area contributed by atoms with E-state index in [2.05, 4.69) is 41.6 Å². The second-order valence-corrected chi connectivity index (χ2v) is 6.14. The van der Waals surface area contributed by atoms with Gasteiger partial charge in [0.15, 0.2) is 0 Å². The van der Waals surface area contributed by atoms with Gasteiger partial charge in [-0.25, -0.2) is 4.98 Å². The Bertz CT molecular complexity index is 722. The summed E-state index contributed by atoms with van der Waals surface area (Å²) in [6.45, 7) is 1.49. The van der Waals surface area contributed by atoms with Gasteiger partial charge in [0.2, 0.25) is 0 Å². The minimum atomic E-state index is 0.537. The molecule has 2 heterocycles. The molecule has 0 unspecified atom stereocenters. The number of thiophene rings is 1. The molecule has 0 radical (unpaired) electrons. The Balaban J connectivity index is 1.85. The van der Waals surface area contributed by atoms with Gasteiger partial charge in [-0.05, 0) is 35.6 Å². The number of likely N-dealkylation sites (N-methyl/N-ethyl adjacent to an activating group) is 1. The SMILES string of the molecule is CN(CCc1cccs1)c1cc(CN)c2ccccc2n1. The van der Waals surface area contributed by atoms with Crippen LogP contribution in [0.1, 0.15) is 10.4 Å². The van der Waals surface area contributed by atoms with Crippen molar-refractivity contribution in [2.24, 2.45) is 5.73 Å². The Labute approximate surface area is 129 Å². The van der Waals surface area contributed by atoms with Gasteiger partial charge in [-0.1, -0.05) is 24.3 Å². The number of para-hydroxylation sites is 1. The van der Waals surface area contributed by atoms with Gasteiger partial charge in [-0.3, -0.25) is 0 Å². The molecule has 2 aromatic heterocycles. The highest BCUT2D eigenvalue weighted by atomic mass is 32.1. The van der Waals surface area contributed by atoms with Crippen LogP contribution in [0.15, 0.2) is 47.8 Å². The highest BCUT2D eigenvalue weighted by Crippen LogP contribution is 2.22. The normalized spacial score (nSPS) is 11.0. The van der Waals surface area contributed by atoms with Crippen molar-refractivity contribution >= 4 is 28.1 Å². The summed E-state index contributed by atoms with van der Waals surface area (Å²) in [5.41, 5.74) is 8.06. The van der Waals surface area contributed by atoms with Gasteiger partial charge < -0.3 is 10.6 Å². The first-order valence-corrected chi connectivity index (χ1v) is 7.98. The van der Waals surface area contributed by atoms with Crippen LogP contribution in [0.5, 0.6) is 0 Å². The van der Waals surface area contributed by atoms with Crippen LogP contribution in [0, 0.1) is 0 Å². The van der Waals surface area contributed by atoms with E-state index in [1.165, 1.54) is 4.88 Å². The number of nitrogens with two attached hydrogens (primary N) is 1. The summed E-state index contributed by atoms with van der Waals surface area (Å²) in [7, 11) is 2.09. The molecule has 3 aromatic rings. The number of nitrogens with zero attached hydrogens (tertiary/aromatic N) is 2. The van der Waals surface area contributed by atoms with Crippen LogP contribution in [0.4, 0.5) is 5.82 Å². The zero-order valence-corrected chi connectivity index (χ0v) is 12.9. The second kappa shape index (κ2) is 6.24. The zero-order valence-electron chi connectivity index (χ0n) is 12.1. The third-order valence-electron chi connectivity index (χ3n) is 3.67. The average Bonchev–Trinajstić information content (AvgIpc) is 3.04. The number of hydrogen-bond donors (Lipinski definition) is 1. The van der Waals surface area contributed by atoms with Crippen molar-refractivity contribution in [3.63, 3.8) is 0 Å². The first-order chi connectivity index (χ1) is 10.3. The number of benzene rings is 1. The number of fused-ring (bicyclic) bond motifs is 1. The Kier molecular flexibility index (Phi) is 4.18. The van der Waals surface area contributed by atoms with Crippen LogP contribution in [0.3, 0.4) is 0 Å². The summed E-state index contributed by atoms with van der Waals surface area (Å²) in [5.74, 6) is 0.991. The predicted octanol–water partition coefficient (Wildman–Crippen LogP) is 3.43. The summed E-state index contributed by atoms with van der Waals surface area (Å²) < 4.78 is 0. The minimum Gasteiger partial charge on any atom is -0.359 e. The largest absolute Gasteiger partial charge is 0.359 e. The molecule has 3 rings (SSSR count). The fraction of sp³-hybridized carbons (Fsp3) is 0.235. The molecule has 0 saturated heterocycles. The summed E-state index contributed by atoms with van der Waals surface area (Å²) in [5, 5.41) is 3.27. The lowest BCUT2D eigenvalue weighted by Crippen LogP contribution is -2.21. The molecule has 0 spiro atoms. The number of rotatable bonds is 5. The highest BCUT2D eigenvalue weighted by molar-refractivity contribution is 7.09. The molecule has 3 nitrogen and oxygen atoms in total. The molecule has 0 aliphatic carbocycles. The Morgan fingerprint density at radius 2 is 2.05 bits per heavy atom. The van der Waals surface area contributed by atoms with E-state index >= 15 is 0 Å². The van der Waals surface area contributed by atoms with Crippen molar-refractivity contribution in [2.45, 2.75) is 13.0 Å². The summed E-state index contributed by atoms with van der Waals surface area (Å²) in [4.78, 5) is 8.36.